The fourth-order valence-corrected chi connectivity index (χ4v) is 2.89. The molecule has 136 valence electrons. The molecule has 2 rings (SSSR count). The third-order valence-electron chi connectivity index (χ3n) is 3.35. The van der Waals surface area contributed by atoms with Gasteiger partial charge in [0.05, 0.1) is 17.2 Å². The van der Waals surface area contributed by atoms with E-state index in [0.29, 0.717) is 23.8 Å². The highest BCUT2D eigenvalue weighted by atomic mass is 32.2. The number of nitrogens with zero attached hydrogens (tertiary/aromatic N) is 2. The van der Waals surface area contributed by atoms with E-state index in [1.807, 2.05) is 13.0 Å². The van der Waals surface area contributed by atoms with E-state index in [2.05, 4.69) is 9.93 Å². The predicted molar refractivity (Wildman–Crippen MR) is 97.7 cm³/mol. The van der Waals surface area contributed by atoms with Gasteiger partial charge in [-0.25, -0.2) is 0 Å². The minimum atomic E-state index is -3.77. The van der Waals surface area contributed by atoms with Crippen LogP contribution in [0, 0.1) is 11.3 Å². The van der Waals surface area contributed by atoms with Crippen molar-refractivity contribution in [2.75, 3.05) is 13.2 Å². The van der Waals surface area contributed by atoms with Crippen LogP contribution in [-0.2, 0) is 10.0 Å². The molecule has 0 atom stereocenters. The van der Waals surface area contributed by atoms with Crippen molar-refractivity contribution < 1.29 is 17.9 Å². The first kappa shape index (κ1) is 19.3. The molecule has 7 nitrogen and oxygen atoms in total. The molecular formula is C18H19N3O4S. The first-order valence-electron chi connectivity index (χ1n) is 7.85. The zero-order valence-electron chi connectivity index (χ0n) is 14.5. The van der Waals surface area contributed by atoms with Gasteiger partial charge in [0, 0.05) is 0 Å². The molecule has 1 N–H and O–H groups in total. The zero-order chi connectivity index (χ0) is 19.0. The van der Waals surface area contributed by atoms with Gasteiger partial charge in [0.2, 0.25) is 0 Å². The molecule has 0 amide bonds. The van der Waals surface area contributed by atoms with E-state index < -0.39 is 10.0 Å². The molecule has 0 spiro atoms. The third kappa shape index (κ3) is 5.22. The van der Waals surface area contributed by atoms with Gasteiger partial charge in [-0.3, -0.25) is 0 Å². The van der Waals surface area contributed by atoms with Gasteiger partial charge in [0.15, 0.2) is 6.61 Å². The number of nitriles is 1. The smallest absolute Gasteiger partial charge is 0.276 e. The molecule has 2 aromatic rings. The monoisotopic (exact) mass is 373 g/mol. The molecule has 0 saturated carbocycles. The van der Waals surface area contributed by atoms with Gasteiger partial charge in [-0.1, -0.05) is 0 Å². The molecule has 0 radical (unpaired) electrons. The molecule has 8 heteroatoms. The lowest BCUT2D eigenvalue weighted by molar-refractivity contribution is 0.340. The normalized spacial score (nSPS) is 11.5. The van der Waals surface area contributed by atoms with Crippen LogP contribution in [0.25, 0.3) is 0 Å². The zero-order valence-corrected chi connectivity index (χ0v) is 15.3. The number of nitrogens with one attached hydrogen (secondary N) is 1. The predicted octanol–water partition coefficient (Wildman–Crippen LogP) is 2.69. The first-order valence-corrected chi connectivity index (χ1v) is 9.33. The van der Waals surface area contributed by atoms with Crippen LogP contribution in [-0.4, -0.2) is 27.3 Å². The number of hydrogen-bond acceptors (Lipinski definition) is 6. The summed E-state index contributed by atoms with van der Waals surface area (Å²) in [6.07, 6.45) is 0. The number of benzene rings is 2. The molecule has 0 saturated heterocycles. The Kier molecular flexibility index (Phi) is 6.58. The van der Waals surface area contributed by atoms with Gasteiger partial charge in [0.25, 0.3) is 10.0 Å². The molecule has 0 aliphatic rings. The van der Waals surface area contributed by atoms with E-state index in [0.717, 1.165) is 5.56 Å². The molecule has 0 unspecified atom stereocenters. The first-order chi connectivity index (χ1) is 12.5. The van der Waals surface area contributed by atoms with Crippen LogP contribution < -0.4 is 14.3 Å². The Morgan fingerprint density at radius 3 is 2.23 bits per heavy atom. The second-order valence-corrected chi connectivity index (χ2v) is 6.83. The summed E-state index contributed by atoms with van der Waals surface area (Å²) in [7, 11) is -3.77. The molecular weight excluding hydrogens is 354 g/mol. The summed E-state index contributed by atoms with van der Waals surface area (Å²) in [5, 5.41) is 12.4. The van der Waals surface area contributed by atoms with Crippen molar-refractivity contribution in [1.29, 1.82) is 5.26 Å². The molecule has 0 fully saturated rings. The van der Waals surface area contributed by atoms with Crippen LogP contribution >= 0.6 is 0 Å². The second-order valence-electron chi connectivity index (χ2n) is 5.17. The lowest BCUT2D eigenvalue weighted by Gasteiger charge is -2.07. The SMILES string of the molecule is CCOc1ccc(S(=O)(=O)N/N=C(/C)c2ccc(OCC#N)cc2)cc1. The van der Waals surface area contributed by atoms with Crippen molar-refractivity contribution in [3.63, 3.8) is 0 Å². The standard InChI is InChI=1S/C18H19N3O4S/c1-3-24-16-8-10-18(11-9-16)26(22,23)21-20-14(2)15-4-6-17(7-5-15)25-13-12-19/h4-11,21H,3,13H2,1-2H3/b20-14-. The topological polar surface area (TPSA) is 101 Å². The van der Waals surface area contributed by atoms with Crippen LogP contribution in [0.15, 0.2) is 58.5 Å². The highest BCUT2D eigenvalue weighted by molar-refractivity contribution is 7.89. The lowest BCUT2D eigenvalue weighted by Crippen LogP contribution is -2.19. The third-order valence-corrected chi connectivity index (χ3v) is 4.58. The number of ether oxygens (including phenoxy) is 2. The van der Waals surface area contributed by atoms with E-state index in [1.54, 1.807) is 43.3 Å². The highest BCUT2D eigenvalue weighted by Gasteiger charge is 2.13. The Morgan fingerprint density at radius 2 is 1.65 bits per heavy atom. The minimum Gasteiger partial charge on any atom is -0.494 e. The summed E-state index contributed by atoms with van der Waals surface area (Å²) in [6.45, 7) is 4.01. The quantitative estimate of drug-likeness (QED) is 0.566. The van der Waals surface area contributed by atoms with Crippen molar-refractivity contribution in [2.45, 2.75) is 18.7 Å². The van der Waals surface area contributed by atoms with Crippen LogP contribution in [0.2, 0.25) is 0 Å². The van der Waals surface area contributed by atoms with E-state index in [4.69, 9.17) is 14.7 Å². The molecule has 0 heterocycles. The Hall–Kier alpha value is -3.05. The van der Waals surface area contributed by atoms with Crippen molar-refractivity contribution >= 4 is 15.7 Å². The van der Waals surface area contributed by atoms with Gasteiger partial charge in [-0.2, -0.15) is 23.6 Å². The number of hydrogen-bond donors (Lipinski definition) is 1. The number of sulfonamides is 1. The lowest BCUT2D eigenvalue weighted by atomic mass is 10.1. The second kappa shape index (κ2) is 8.87. The molecule has 26 heavy (non-hydrogen) atoms. The van der Waals surface area contributed by atoms with Crippen LogP contribution in [0.3, 0.4) is 0 Å². The van der Waals surface area contributed by atoms with Gasteiger partial charge in [-0.15, -0.1) is 0 Å². The summed E-state index contributed by atoms with van der Waals surface area (Å²) < 4.78 is 35.1. The van der Waals surface area contributed by atoms with E-state index in [1.165, 1.54) is 12.1 Å². The summed E-state index contributed by atoms with van der Waals surface area (Å²) >= 11 is 0. The Bertz CT molecular complexity index is 899. The maximum atomic E-state index is 12.3. The summed E-state index contributed by atoms with van der Waals surface area (Å²) in [5.74, 6) is 1.16. The van der Waals surface area contributed by atoms with Crippen molar-refractivity contribution in [3.05, 3.63) is 54.1 Å². The molecule has 2 aromatic carbocycles. The van der Waals surface area contributed by atoms with E-state index in [9.17, 15) is 8.42 Å². The van der Waals surface area contributed by atoms with Crippen molar-refractivity contribution in [2.24, 2.45) is 5.10 Å². The Morgan fingerprint density at radius 1 is 1.08 bits per heavy atom. The van der Waals surface area contributed by atoms with Gasteiger partial charge >= 0.3 is 0 Å². The molecule has 0 aliphatic carbocycles. The van der Waals surface area contributed by atoms with Crippen LogP contribution in [0.1, 0.15) is 19.4 Å². The van der Waals surface area contributed by atoms with Crippen LogP contribution in [0.5, 0.6) is 11.5 Å². The van der Waals surface area contributed by atoms with Gasteiger partial charge in [-0.05, 0) is 67.9 Å². The van der Waals surface area contributed by atoms with E-state index in [-0.39, 0.29) is 11.5 Å². The molecule has 0 bridgehead atoms. The average molecular weight is 373 g/mol. The van der Waals surface area contributed by atoms with Gasteiger partial charge < -0.3 is 9.47 Å². The summed E-state index contributed by atoms with van der Waals surface area (Å²) in [4.78, 5) is 2.31. The summed E-state index contributed by atoms with van der Waals surface area (Å²) in [5.41, 5.74) is 1.22. The Labute approximate surface area is 152 Å². The Balaban J connectivity index is 2.07. The fraction of sp³-hybridized carbons (Fsp3) is 0.222. The van der Waals surface area contributed by atoms with Gasteiger partial charge in [0.1, 0.15) is 17.6 Å². The van der Waals surface area contributed by atoms with Crippen molar-refractivity contribution in [1.82, 2.24) is 4.83 Å². The van der Waals surface area contributed by atoms with Crippen molar-refractivity contribution in [3.8, 4) is 17.6 Å². The highest BCUT2D eigenvalue weighted by Crippen LogP contribution is 2.16. The fourth-order valence-electron chi connectivity index (χ4n) is 2.04. The number of rotatable bonds is 8. The van der Waals surface area contributed by atoms with Crippen LogP contribution in [0.4, 0.5) is 0 Å². The maximum Gasteiger partial charge on any atom is 0.276 e. The van der Waals surface area contributed by atoms with E-state index >= 15 is 0 Å². The minimum absolute atomic E-state index is 0.0334. The maximum absolute atomic E-state index is 12.3. The molecule has 0 aromatic heterocycles. The summed E-state index contributed by atoms with van der Waals surface area (Å²) in [6, 6.07) is 14.8. The largest absolute Gasteiger partial charge is 0.494 e. The molecule has 0 aliphatic heterocycles. The average Bonchev–Trinajstić information content (AvgIpc) is 2.65. The number of hydrazone groups is 1.